The van der Waals surface area contributed by atoms with Gasteiger partial charge in [-0.1, -0.05) is 0 Å². The zero-order valence-electron chi connectivity index (χ0n) is 7.62. The molecule has 0 saturated carbocycles. The number of rotatable bonds is 4. The number of imide groups is 1. The van der Waals surface area contributed by atoms with Crippen LogP contribution in [0.3, 0.4) is 0 Å². The zero-order chi connectivity index (χ0) is 10.6. The molecule has 0 bridgehead atoms. The third-order valence-corrected chi connectivity index (χ3v) is 1.80. The number of urea groups is 1. The SMILES string of the molecule is NC(N)=NCCCC1NC(=O)NC1=O. The van der Waals surface area contributed by atoms with E-state index < -0.39 is 12.1 Å². The Morgan fingerprint density at radius 1 is 1.43 bits per heavy atom. The fourth-order valence-corrected chi connectivity index (χ4v) is 1.17. The van der Waals surface area contributed by atoms with Gasteiger partial charge >= 0.3 is 6.03 Å². The number of hydrogen-bond acceptors (Lipinski definition) is 3. The summed E-state index contributed by atoms with van der Waals surface area (Å²) >= 11 is 0. The van der Waals surface area contributed by atoms with Crippen molar-refractivity contribution in [2.24, 2.45) is 16.5 Å². The maximum Gasteiger partial charge on any atom is 0.322 e. The second kappa shape index (κ2) is 4.45. The predicted molar refractivity (Wildman–Crippen MR) is 50.4 cm³/mol. The molecule has 1 unspecified atom stereocenters. The van der Waals surface area contributed by atoms with Gasteiger partial charge in [0.25, 0.3) is 5.91 Å². The molecule has 7 nitrogen and oxygen atoms in total. The van der Waals surface area contributed by atoms with Crippen molar-refractivity contribution in [1.29, 1.82) is 0 Å². The molecule has 1 rings (SSSR count). The molecular formula is C7H13N5O2. The van der Waals surface area contributed by atoms with Crippen LogP contribution >= 0.6 is 0 Å². The Kier molecular flexibility index (Phi) is 3.27. The Bertz CT molecular complexity index is 271. The summed E-state index contributed by atoms with van der Waals surface area (Å²) in [6, 6.07) is -0.890. The number of nitrogens with zero attached hydrogens (tertiary/aromatic N) is 1. The summed E-state index contributed by atoms with van der Waals surface area (Å²) in [6.45, 7) is 0.460. The number of aliphatic imine (C=N–C) groups is 1. The molecule has 0 aromatic rings. The summed E-state index contributed by atoms with van der Waals surface area (Å²) in [7, 11) is 0. The van der Waals surface area contributed by atoms with Crippen LogP contribution in [0.5, 0.6) is 0 Å². The summed E-state index contributed by atoms with van der Waals surface area (Å²) in [5.41, 5.74) is 10.2. The Morgan fingerprint density at radius 2 is 2.14 bits per heavy atom. The maximum absolute atomic E-state index is 11.0. The first-order valence-electron chi connectivity index (χ1n) is 4.26. The third-order valence-electron chi connectivity index (χ3n) is 1.80. The molecule has 14 heavy (non-hydrogen) atoms. The molecule has 1 aliphatic rings. The highest BCUT2D eigenvalue weighted by Gasteiger charge is 2.28. The number of nitrogens with two attached hydrogens (primary N) is 2. The van der Waals surface area contributed by atoms with Gasteiger partial charge < -0.3 is 16.8 Å². The highest BCUT2D eigenvalue weighted by Crippen LogP contribution is 2.02. The van der Waals surface area contributed by atoms with Crippen molar-refractivity contribution in [3.63, 3.8) is 0 Å². The molecular weight excluding hydrogens is 186 g/mol. The minimum Gasteiger partial charge on any atom is -0.370 e. The summed E-state index contributed by atoms with van der Waals surface area (Å²) in [6.07, 6.45) is 1.19. The van der Waals surface area contributed by atoms with Crippen LogP contribution in [0.1, 0.15) is 12.8 Å². The Labute approximate surface area is 80.9 Å². The number of hydrogen-bond donors (Lipinski definition) is 4. The second-order valence-electron chi connectivity index (χ2n) is 2.96. The van der Waals surface area contributed by atoms with Gasteiger partial charge in [0.2, 0.25) is 0 Å². The van der Waals surface area contributed by atoms with Crippen LogP contribution in [0.25, 0.3) is 0 Å². The van der Waals surface area contributed by atoms with Crippen molar-refractivity contribution in [2.45, 2.75) is 18.9 Å². The van der Waals surface area contributed by atoms with E-state index in [1.165, 1.54) is 0 Å². The molecule has 7 heteroatoms. The van der Waals surface area contributed by atoms with Gasteiger partial charge in [-0.3, -0.25) is 15.1 Å². The van der Waals surface area contributed by atoms with E-state index in [9.17, 15) is 9.59 Å². The van der Waals surface area contributed by atoms with E-state index in [2.05, 4.69) is 15.6 Å². The quantitative estimate of drug-likeness (QED) is 0.185. The van der Waals surface area contributed by atoms with Gasteiger partial charge in [0.1, 0.15) is 6.04 Å². The monoisotopic (exact) mass is 199 g/mol. The van der Waals surface area contributed by atoms with E-state index in [-0.39, 0.29) is 11.9 Å². The third kappa shape index (κ3) is 2.92. The minimum absolute atomic E-state index is 0.0323. The average molecular weight is 199 g/mol. The second-order valence-corrected chi connectivity index (χ2v) is 2.96. The van der Waals surface area contributed by atoms with Crippen LogP contribution in [0.2, 0.25) is 0 Å². The molecule has 6 N–H and O–H groups in total. The molecule has 0 aromatic heterocycles. The topological polar surface area (TPSA) is 123 Å². The van der Waals surface area contributed by atoms with Gasteiger partial charge in [0.05, 0.1) is 0 Å². The largest absolute Gasteiger partial charge is 0.370 e. The van der Waals surface area contributed by atoms with Gasteiger partial charge in [-0.2, -0.15) is 0 Å². The lowest BCUT2D eigenvalue weighted by atomic mass is 10.1. The van der Waals surface area contributed by atoms with E-state index >= 15 is 0 Å². The Morgan fingerprint density at radius 3 is 2.64 bits per heavy atom. The fourth-order valence-electron chi connectivity index (χ4n) is 1.17. The molecule has 0 aliphatic carbocycles. The van der Waals surface area contributed by atoms with Gasteiger partial charge in [-0.05, 0) is 12.8 Å². The lowest BCUT2D eigenvalue weighted by Gasteiger charge is -2.04. The van der Waals surface area contributed by atoms with Crippen molar-refractivity contribution in [1.82, 2.24) is 10.6 Å². The van der Waals surface area contributed by atoms with Crippen molar-refractivity contribution in [3.05, 3.63) is 0 Å². The van der Waals surface area contributed by atoms with Crippen molar-refractivity contribution in [2.75, 3.05) is 6.54 Å². The van der Waals surface area contributed by atoms with Gasteiger partial charge in [-0.25, -0.2) is 4.79 Å². The summed E-state index contributed by atoms with van der Waals surface area (Å²) in [5, 5.41) is 4.62. The molecule has 1 heterocycles. The zero-order valence-corrected chi connectivity index (χ0v) is 7.62. The lowest BCUT2D eigenvalue weighted by molar-refractivity contribution is -0.120. The first-order chi connectivity index (χ1) is 6.59. The number of carbonyl (C=O) groups excluding carboxylic acids is 2. The van der Waals surface area contributed by atoms with E-state index in [0.717, 1.165) is 0 Å². The molecule has 0 radical (unpaired) electrons. The summed E-state index contributed by atoms with van der Waals surface area (Å²) < 4.78 is 0. The molecule has 1 saturated heterocycles. The van der Waals surface area contributed by atoms with Crippen LogP contribution in [0.15, 0.2) is 4.99 Å². The molecule has 0 aromatic carbocycles. The van der Waals surface area contributed by atoms with Crippen LogP contribution < -0.4 is 22.1 Å². The summed E-state index contributed by atoms with van der Waals surface area (Å²) in [4.78, 5) is 25.5. The van der Waals surface area contributed by atoms with Gasteiger partial charge in [0, 0.05) is 6.54 Å². The first kappa shape index (κ1) is 10.3. The van der Waals surface area contributed by atoms with Crippen molar-refractivity contribution in [3.8, 4) is 0 Å². The number of carbonyl (C=O) groups is 2. The molecule has 1 fully saturated rings. The van der Waals surface area contributed by atoms with Crippen LogP contribution in [0, 0.1) is 0 Å². The van der Waals surface area contributed by atoms with Crippen molar-refractivity contribution >= 4 is 17.9 Å². The van der Waals surface area contributed by atoms with Crippen LogP contribution in [-0.2, 0) is 4.79 Å². The van der Waals surface area contributed by atoms with Gasteiger partial charge in [0.15, 0.2) is 5.96 Å². The molecule has 0 spiro atoms. The Balaban J connectivity index is 2.22. The van der Waals surface area contributed by atoms with Crippen LogP contribution in [0.4, 0.5) is 4.79 Å². The molecule has 1 atom stereocenters. The Hall–Kier alpha value is -1.79. The normalized spacial score (nSPS) is 20.1. The first-order valence-corrected chi connectivity index (χ1v) is 4.26. The highest BCUT2D eigenvalue weighted by atomic mass is 16.2. The van der Waals surface area contributed by atoms with E-state index in [1.807, 2.05) is 0 Å². The molecule has 1 aliphatic heterocycles. The summed E-state index contributed by atoms with van der Waals surface area (Å²) in [5.74, 6) is -0.260. The molecule has 78 valence electrons. The van der Waals surface area contributed by atoms with Crippen LogP contribution in [-0.4, -0.2) is 30.5 Å². The predicted octanol–water partition coefficient (Wildman–Crippen LogP) is -1.75. The van der Waals surface area contributed by atoms with Gasteiger partial charge in [-0.15, -0.1) is 0 Å². The highest BCUT2D eigenvalue weighted by molar-refractivity contribution is 6.04. The fraction of sp³-hybridized carbons (Fsp3) is 0.571. The van der Waals surface area contributed by atoms with E-state index in [4.69, 9.17) is 11.5 Å². The average Bonchev–Trinajstić information content (AvgIpc) is 2.39. The van der Waals surface area contributed by atoms with E-state index in [1.54, 1.807) is 0 Å². The number of nitrogens with one attached hydrogen (secondary N) is 2. The minimum atomic E-state index is -0.448. The van der Waals surface area contributed by atoms with E-state index in [0.29, 0.717) is 19.4 Å². The number of amides is 3. The smallest absolute Gasteiger partial charge is 0.322 e. The maximum atomic E-state index is 11.0. The van der Waals surface area contributed by atoms with Crippen molar-refractivity contribution < 1.29 is 9.59 Å². The standard InChI is InChI=1S/C7H13N5O2/c8-6(9)10-3-1-2-4-5(13)12-7(14)11-4/h4H,1-3H2,(H4,8,9,10)(H2,11,12,13,14). The lowest BCUT2D eigenvalue weighted by Crippen LogP contribution is -2.29. The molecule has 3 amide bonds. The number of guanidine groups is 1.